The molecule has 0 fully saturated rings. The lowest BCUT2D eigenvalue weighted by Gasteiger charge is -2.21. The van der Waals surface area contributed by atoms with E-state index in [9.17, 15) is 14.0 Å². The van der Waals surface area contributed by atoms with Crippen molar-refractivity contribution in [3.05, 3.63) is 70.5 Å². The lowest BCUT2D eigenvalue weighted by Crippen LogP contribution is -2.42. The number of carbonyl (C=O) groups excluding carboxylic acids is 2. The predicted molar refractivity (Wildman–Crippen MR) is 107 cm³/mol. The Morgan fingerprint density at radius 3 is 2.37 bits per heavy atom. The molecule has 0 bridgehead atoms. The van der Waals surface area contributed by atoms with Crippen LogP contribution in [0.4, 0.5) is 4.39 Å². The average molecular weight is 410 g/mol. The van der Waals surface area contributed by atoms with E-state index in [0.29, 0.717) is 28.3 Å². The quantitative estimate of drug-likeness (QED) is 0.645. The number of nitrogens with one attached hydrogen (secondary N) is 1. The maximum Gasteiger partial charge on any atom is 0.329 e. The minimum atomic E-state index is -0.775. The molecule has 2 atom stereocenters. The largest absolute Gasteiger partial charge is 0.456 e. The van der Waals surface area contributed by atoms with Gasteiger partial charge in [0.05, 0.1) is 0 Å². The van der Waals surface area contributed by atoms with Gasteiger partial charge >= 0.3 is 5.97 Å². The van der Waals surface area contributed by atoms with Crippen molar-refractivity contribution in [3.63, 3.8) is 0 Å². The number of carbonyl (C=O) groups is 2. The molecule has 0 heterocycles. The Morgan fingerprint density at radius 1 is 1.15 bits per heavy atom. The van der Waals surface area contributed by atoms with E-state index in [0.717, 1.165) is 0 Å². The smallest absolute Gasteiger partial charge is 0.329 e. The molecule has 144 valence electrons. The van der Waals surface area contributed by atoms with Crippen LogP contribution >= 0.6 is 23.4 Å². The second-order valence-electron chi connectivity index (χ2n) is 5.95. The molecule has 2 rings (SSSR count). The van der Waals surface area contributed by atoms with Gasteiger partial charge in [0.1, 0.15) is 18.0 Å². The summed E-state index contributed by atoms with van der Waals surface area (Å²) < 4.78 is 18.5. The van der Waals surface area contributed by atoms with Crippen LogP contribution in [0.15, 0.2) is 48.5 Å². The Bertz CT molecular complexity index is 768. The van der Waals surface area contributed by atoms with Crippen molar-refractivity contribution in [2.45, 2.75) is 25.5 Å². The van der Waals surface area contributed by atoms with Gasteiger partial charge in [0.25, 0.3) is 5.91 Å². The molecule has 0 aliphatic carbocycles. The molecule has 0 radical (unpaired) electrons. The molecular formula is C20H21ClFNO3S. The van der Waals surface area contributed by atoms with Gasteiger partial charge in [-0.25, -0.2) is 9.18 Å². The van der Waals surface area contributed by atoms with Crippen LogP contribution < -0.4 is 5.32 Å². The molecule has 2 aromatic rings. The van der Waals surface area contributed by atoms with Crippen molar-refractivity contribution in [3.8, 4) is 0 Å². The summed E-state index contributed by atoms with van der Waals surface area (Å²) in [4.78, 5) is 25.0. The van der Waals surface area contributed by atoms with Crippen molar-refractivity contribution in [2.75, 3.05) is 12.0 Å². The van der Waals surface area contributed by atoms with E-state index in [-0.39, 0.29) is 11.7 Å². The first-order valence-electron chi connectivity index (χ1n) is 8.42. The van der Waals surface area contributed by atoms with Gasteiger partial charge in [-0.3, -0.25) is 4.79 Å². The van der Waals surface area contributed by atoms with Crippen molar-refractivity contribution in [1.82, 2.24) is 5.32 Å². The molecule has 0 aliphatic heterocycles. The molecule has 0 saturated heterocycles. The molecule has 4 nitrogen and oxygen atoms in total. The van der Waals surface area contributed by atoms with Gasteiger partial charge < -0.3 is 10.1 Å². The monoisotopic (exact) mass is 409 g/mol. The van der Waals surface area contributed by atoms with E-state index in [2.05, 4.69) is 5.32 Å². The molecule has 0 aliphatic rings. The van der Waals surface area contributed by atoms with Gasteiger partial charge in [-0.2, -0.15) is 11.8 Å². The number of thioether (sulfide) groups is 1. The van der Waals surface area contributed by atoms with E-state index in [4.69, 9.17) is 16.3 Å². The minimum absolute atomic E-state index is 0.356. The third-order valence-electron chi connectivity index (χ3n) is 3.94. The summed E-state index contributed by atoms with van der Waals surface area (Å²) in [6.07, 6.45) is 1.81. The summed E-state index contributed by atoms with van der Waals surface area (Å²) in [5.74, 6) is -0.566. The first-order valence-corrected chi connectivity index (χ1v) is 10.2. The third kappa shape index (κ3) is 6.56. The number of amides is 1. The van der Waals surface area contributed by atoms with Crippen molar-refractivity contribution < 1.29 is 18.7 Å². The minimum Gasteiger partial charge on any atom is -0.456 e. The van der Waals surface area contributed by atoms with E-state index in [1.54, 1.807) is 55.1 Å². The predicted octanol–water partition coefficient (Wildman–Crippen LogP) is 4.64. The van der Waals surface area contributed by atoms with Gasteiger partial charge in [-0.05, 0) is 67.3 Å². The second kappa shape index (κ2) is 10.3. The van der Waals surface area contributed by atoms with Crippen LogP contribution in [0.1, 0.15) is 35.4 Å². The zero-order valence-electron chi connectivity index (χ0n) is 15.1. The fourth-order valence-electron chi connectivity index (χ4n) is 2.39. The summed E-state index contributed by atoms with van der Waals surface area (Å²) >= 11 is 7.41. The number of hydrogen-bond acceptors (Lipinski definition) is 4. The number of esters is 1. The molecule has 0 unspecified atom stereocenters. The number of rotatable bonds is 8. The van der Waals surface area contributed by atoms with Gasteiger partial charge in [0.2, 0.25) is 0 Å². The molecule has 1 N–H and O–H groups in total. The topological polar surface area (TPSA) is 55.4 Å². The number of benzene rings is 2. The van der Waals surface area contributed by atoms with E-state index >= 15 is 0 Å². The molecule has 1 amide bonds. The second-order valence-corrected chi connectivity index (χ2v) is 7.37. The Kier molecular flexibility index (Phi) is 8.13. The van der Waals surface area contributed by atoms with Crippen LogP contribution in [0.25, 0.3) is 0 Å². The lowest BCUT2D eigenvalue weighted by molar-refractivity contribution is -0.151. The highest BCUT2D eigenvalue weighted by Gasteiger charge is 2.24. The summed E-state index contributed by atoms with van der Waals surface area (Å²) in [5.41, 5.74) is 1.09. The third-order valence-corrected chi connectivity index (χ3v) is 4.84. The maximum absolute atomic E-state index is 13.0. The Balaban J connectivity index is 2.04. The van der Waals surface area contributed by atoms with E-state index < -0.39 is 18.1 Å². The zero-order valence-corrected chi connectivity index (χ0v) is 16.6. The molecule has 27 heavy (non-hydrogen) atoms. The number of halogens is 2. The summed E-state index contributed by atoms with van der Waals surface area (Å²) in [5, 5.41) is 3.25. The summed E-state index contributed by atoms with van der Waals surface area (Å²) in [6, 6.07) is 11.4. The molecular weight excluding hydrogens is 389 g/mol. The average Bonchev–Trinajstić information content (AvgIpc) is 2.65. The van der Waals surface area contributed by atoms with Crippen LogP contribution in [0.2, 0.25) is 5.02 Å². The van der Waals surface area contributed by atoms with Crippen LogP contribution in [0, 0.1) is 5.82 Å². The molecule has 7 heteroatoms. The normalized spacial score (nSPS) is 12.9. The molecule has 0 saturated carbocycles. The van der Waals surface area contributed by atoms with Gasteiger partial charge in [0.15, 0.2) is 0 Å². The number of ether oxygens (including phenoxy) is 1. The standard InChI is InChI=1S/C20H21ClFNO3S/c1-13(14-5-9-17(22)10-6-14)26-20(25)18(11-12-27-2)23-19(24)15-3-7-16(21)8-4-15/h3-10,13,18H,11-12H2,1-2H3,(H,23,24)/t13-,18+/m0/s1. The van der Waals surface area contributed by atoms with Gasteiger partial charge in [-0.1, -0.05) is 23.7 Å². The van der Waals surface area contributed by atoms with E-state index in [1.165, 1.54) is 12.1 Å². The Morgan fingerprint density at radius 2 is 1.78 bits per heavy atom. The van der Waals surface area contributed by atoms with Crippen LogP contribution in [0.3, 0.4) is 0 Å². The number of hydrogen-bond donors (Lipinski definition) is 1. The zero-order chi connectivity index (χ0) is 19.8. The highest BCUT2D eigenvalue weighted by Crippen LogP contribution is 2.19. The van der Waals surface area contributed by atoms with Crippen molar-refractivity contribution in [2.24, 2.45) is 0 Å². The lowest BCUT2D eigenvalue weighted by atomic mass is 10.1. The van der Waals surface area contributed by atoms with Gasteiger partial charge in [-0.15, -0.1) is 0 Å². The maximum atomic E-state index is 13.0. The van der Waals surface area contributed by atoms with Crippen LogP contribution in [-0.4, -0.2) is 29.9 Å². The fourth-order valence-corrected chi connectivity index (χ4v) is 2.98. The fraction of sp³-hybridized carbons (Fsp3) is 0.300. The van der Waals surface area contributed by atoms with E-state index in [1.807, 2.05) is 6.26 Å². The molecule has 0 spiro atoms. The summed E-state index contributed by atoms with van der Waals surface area (Å²) in [7, 11) is 0. The van der Waals surface area contributed by atoms with Crippen LogP contribution in [0.5, 0.6) is 0 Å². The molecule has 2 aromatic carbocycles. The van der Waals surface area contributed by atoms with Crippen molar-refractivity contribution >= 4 is 35.2 Å². The van der Waals surface area contributed by atoms with Crippen LogP contribution in [-0.2, 0) is 9.53 Å². The summed E-state index contributed by atoms with van der Waals surface area (Å²) in [6.45, 7) is 1.71. The molecule has 0 aromatic heterocycles. The first kappa shape index (κ1) is 21.3. The Labute approximate surface area is 167 Å². The highest BCUT2D eigenvalue weighted by molar-refractivity contribution is 7.98. The van der Waals surface area contributed by atoms with Crippen molar-refractivity contribution in [1.29, 1.82) is 0 Å². The highest BCUT2D eigenvalue weighted by atomic mass is 35.5. The van der Waals surface area contributed by atoms with Gasteiger partial charge in [0, 0.05) is 10.6 Å². The first-order chi connectivity index (χ1) is 12.9. The SMILES string of the molecule is CSCC[C@@H](NC(=O)c1ccc(Cl)cc1)C(=O)O[C@@H](C)c1ccc(F)cc1. The Hall–Kier alpha value is -2.05.